The van der Waals surface area contributed by atoms with Crippen molar-refractivity contribution in [2.24, 2.45) is 0 Å². The molecule has 3 aromatic carbocycles. The summed E-state index contributed by atoms with van der Waals surface area (Å²) in [6.45, 7) is 1.24. The second kappa shape index (κ2) is 9.84. The van der Waals surface area contributed by atoms with Crippen LogP contribution in [0.5, 0.6) is 23.0 Å². The Labute approximate surface area is 194 Å². The van der Waals surface area contributed by atoms with Gasteiger partial charge in [-0.2, -0.15) is 0 Å². The first-order chi connectivity index (χ1) is 14.1. The minimum Gasteiger partial charge on any atom is -0.508 e. The summed E-state index contributed by atoms with van der Waals surface area (Å²) in [5, 5.41) is 11.3. The average Bonchev–Trinajstić information content (AvgIpc) is 2.66. The van der Waals surface area contributed by atoms with Gasteiger partial charge in [-0.05, 0) is 73.1 Å². The molecule has 30 heavy (non-hydrogen) atoms. The van der Waals surface area contributed by atoms with E-state index in [1.54, 1.807) is 30.3 Å². The van der Waals surface area contributed by atoms with Crippen LogP contribution >= 0.6 is 48.5 Å². The topological polar surface area (TPSA) is 76.0 Å². The van der Waals surface area contributed by atoms with Gasteiger partial charge in [0.1, 0.15) is 17.2 Å². The van der Waals surface area contributed by atoms with E-state index in [-0.39, 0.29) is 12.1 Å². The zero-order valence-corrected chi connectivity index (χ0v) is 21.2. The lowest BCUT2D eigenvalue weighted by atomic mass is 10.0. The number of hydrogen-bond donors (Lipinski definition) is 2. The highest BCUT2D eigenvalue weighted by Gasteiger charge is 2.15. The molecule has 0 heterocycles. The lowest BCUT2D eigenvalue weighted by molar-refractivity contribution is 0.351. The molecule has 9 heteroatoms. The Morgan fingerprint density at radius 2 is 1.63 bits per heavy atom. The van der Waals surface area contributed by atoms with Crippen LogP contribution in [0.3, 0.4) is 0 Å². The largest absolute Gasteiger partial charge is 0.508 e. The van der Waals surface area contributed by atoms with Crippen molar-refractivity contribution in [1.29, 1.82) is 0 Å². The molecule has 0 aliphatic rings. The average molecular weight is 574 g/mol. The van der Waals surface area contributed by atoms with Gasteiger partial charge in [0.2, 0.25) is 7.37 Å². The maximum Gasteiger partial charge on any atom is 0.233 e. The normalized spacial score (nSPS) is 13.0. The minimum atomic E-state index is -3.28. The van der Waals surface area contributed by atoms with Crippen molar-refractivity contribution in [1.82, 2.24) is 0 Å². The van der Waals surface area contributed by atoms with Crippen molar-refractivity contribution in [3.63, 3.8) is 0 Å². The van der Waals surface area contributed by atoms with E-state index in [4.69, 9.17) is 9.47 Å². The lowest BCUT2D eigenvalue weighted by Crippen LogP contribution is -1.98. The van der Waals surface area contributed by atoms with Crippen LogP contribution in [-0.2, 0) is 11.0 Å². The van der Waals surface area contributed by atoms with Crippen LogP contribution in [0, 0.1) is 0 Å². The monoisotopic (exact) mass is 572 g/mol. The fraction of sp³-hybridized carbons (Fsp3) is 0.143. The molecule has 2 N–H and O–H groups in total. The molecule has 3 rings (SSSR count). The van der Waals surface area contributed by atoms with Crippen molar-refractivity contribution in [2.75, 3.05) is 13.0 Å². The smallest absolute Gasteiger partial charge is 0.233 e. The summed E-state index contributed by atoms with van der Waals surface area (Å²) < 4.78 is 24.1. The fourth-order valence-electron chi connectivity index (χ4n) is 2.65. The van der Waals surface area contributed by atoms with Gasteiger partial charge in [-0.1, -0.05) is 24.3 Å². The van der Waals surface area contributed by atoms with Crippen molar-refractivity contribution in [2.45, 2.75) is 6.42 Å². The first kappa shape index (κ1) is 23.3. The summed E-state index contributed by atoms with van der Waals surface area (Å²) in [4.78, 5) is 9.40. The highest BCUT2D eigenvalue weighted by molar-refractivity contribution is 9.11. The number of halogens is 2. The molecule has 0 aromatic heterocycles. The molecule has 158 valence electrons. The molecule has 0 aliphatic heterocycles. The molecule has 0 bridgehead atoms. The molecule has 0 spiro atoms. The molecule has 2 unspecified atom stereocenters. The molecular formula is C21H20Br2O5P2. The zero-order chi connectivity index (χ0) is 21.9. The SMILES string of the molecule is CP(=O)(O)COc1cc(Br)c(Oc2ccc(O)c(Cc3ccc(P)cc3)c2)c(Br)c1. The Morgan fingerprint density at radius 1 is 1.00 bits per heavy atom. The third kappa shape index (κ3) is 6.57. The van der Waals surface area contributed by atoms with Crippen LogP contribution in [0.15, 0.2) is 63.5 Å². The minimum absolute atomic E-state index is 0.201. The molecule has 0 fully saturated rings. The molecule has 2 atom stereocenters. The zero-order valence-electron chi connectivity index (χ0n) is 16.0. The summed E-state index contributed by atoms with van der Waals surface area (Å²) in [7, 11) is -0.630. The van der Waals surface area contributed by atoms with E-state index in [1.807, 2.05) is 24.3 Å². The van der Waals surface area contributed by atoms with E-state index in [1.165, 1.54) is 6.66 Å². The highest BCUT2D eigenvalue weighted by atomic mass is 79.9. The van der Waals surface area contributed by atoms with E-state index >= 15 is 0 Å². The van der Waals surface area contributed by atoms with Gasteiger partial charge in [0.15, 0.2) is 12.1 Å². The molecule has 0 radical (unpaired) electrons. The van der Waals surface area contributed by atoms with Crippen LogP contribution in [-0.4, -0.2) is 23.0 Å². The van der Waals surface area contributed by atoms with E-state index in [9.17, 15) is 14.6 Å². The van der Waals surface area contributed by atoms with E-state index in [2.05, 4.69) is 41.1 Å². The standard InChI is InChI=1S/C21H20Br2O5P2/c1-30(25,26)12-27-16-10-18(22)21(19(23)11-16)28-15-4-7-20(24)14(9-15)8-13-2-5-17(29)6-3-13/h2-7,9-11,24H,8,12,29H2,1H3,(H,25,26). The molecular weight excluding hydrogens is 554 g/mol. The quantitative estimate of drug-likeness (QED) is 0.337. The van der Waals surface area contributed by atoms with E-state index in [0.717, 1.165) is 16.4 Å². The third-order valence-electron chi connectivity index (χ3n) is 4.09. The predicted octanol–water partition coefficient (Wildman–Crippen LogP) is 6.04. The Kier molecular flexibility index (Phi) is 7.65. The predicted molar refractivity (Wildman–Crippen MR) is 130 cm³/mol. The molecule has 0 amide bonds. The van der Waals surface area contributed by atoms with Gasteiger partial charge in [-0.3, -0.25) is 4.57 Å². The van der Waals surface area contributed by atoms with Crippen LogP contribution in [0.4, 0.5) is 0 Å². The number of ether oxygens (including phenoxy) is 2. The van der Waals surface area contributed by atoms with Crippen LogP contribution in [0.2, 0.25) is 0 Å². The highest BCUT2D eigenvalue weighted by Crippen LogP contribution is 2.42. The lowest BCUT2D eigenvalue weighted by Gasteiger charge is -2.14. The Bertz CT molecular complexity index is 1070. The van der Waals surface area contributed by atoms with E-state index in [0.29, 0.717) is 32.6 Å². The van der Waals surface area contributed by atoms with Gasteiger partial charge in [-0.15, -0.1) is 9.24 Å². The maximum atomic E-state index is 11.4. The van der Waals surface area contributed by atoms with Gasteiger partial charge >= 0.3 is 0 Å². The number of hydrogen-bond acceptors (Lipinski definition) is 4. The molecule has 0 saturated heterocycles. The summed E-state index contributed by atoms with van der Waals surface area (Å²) in [6.07, 6.45) is 0.298. The molecule has 0 saturated carbocycles. The van der Waals surface area contributed by atoms with Crippen LogP contribution in [0.1, 0.15) is 11.1 Å². The Hall–Kier alpha value is -1.36. The van der Waals surface area contributed by atoms with Crippen LogP contribution < -0.4 is 14.8 Å². The van der Waals surface area contributed by atoms with Gasteiger partial charge in [0.05, 0.1) is 8.95 Å². The molecule has 5 nitrogen and oxygen atoms in total. The number of phenols is 1. The second-order valence-corrected chi connectivity index (χ2v) is 11.6. The number of phenolic OH excluding ortho intramolecular Hbond substituents is 1. The first-order valence-corrected chi connectivity index (χ1v) is 13.3. The summed E-state index contributed by atoms with van der Waals surface area (Å²) >= 11 is 6.90. The summed E-state index contributed by atoms with van der Waals surface area (Å²) in [6, 6.07) is 16.5. The third-order valence-corrected chi connectivity index (χ3v) is 6.26. The summed E-state index contributed by atoms with van der Waals surface area (Å²) in [5.41, 5.74) is 1.83. The van der Waals surface area contributed by atoms with E-state index < -0.39 is 7.37 Å². The van der Waals surface area contributed by atoms with Crippen molar-refractivity contribution < 1.29 is 24.0 Å². The van der Waals surface area contributed by atoms with Crippen LogP contribution in [0.25, 0.3) is 0 Å². The van der Waals surface area contributed by atoms with Gasteiger partial charge in [-0.25, -0.2) is 0 Å². The number of benzene rings is 3. The van der Waals surface area contributed by atoms with Gasteiger partial charge in [0.25, 0.3) is 0 Å². The van der Waals surface area contributed by atoms with Gasteiger partial charge in [0, 0.05) is 18.6 Å². The number of rotatable bonds is 7. The van der Waals surface area contributed by atoms with Crippen molar-refractivity contribution in [3.8, 4) is 23.0 Å². The van der Waals surface area contributed by atoms with Crippen molar-refractivity contribution >= 4 is 53.8 Å². The van der Waals surface area contributed by atoms with Gasteiger partial charge < -0.3 is 19.5 Å². The Morgan fingerprint density at radius 3 is 2.23 bits per heavy atom. The molecule has 0 aliphatic carbocycles. The molecule has 3 aromatic rings. The first-order valence-electron chi connectivity index (χ1n) is 8.86. The Balaban J connectivity index is 1.80. The second-order valence-electron chi connectivity index (χ2n) is 6.85. The summed E-state index contributed by atoms with van der Waals surface area (Å²) in [5.74, 6) is 1.72. The fourth-order valence-corrected chi connectivity index (χ4v) is 4.54. The maximum absolute atomic E-state index is 11.4. The van der Waals surface area contributed by atoms with Crippen molar-refractivity contribution in [3.05, 3.63) is 74.7 Å². The number of aromatic hydroxyl groups is 1.